The Hall–Kier alpha value is -5.54. The van der Waals surface area contributed by atoms with Crippen LogP contribution < -0.4 is 4.90 Å². The largest absolute Gasteiger partial charge is 0.315 e. The summed E-state index contributed by atoms with van der Waals surface area (Å²) in [4.78, 5) is 2.37. The minimum Gasteiger partial charge on any atom is -0.315 e. The lowest BCUT2D eigenvalue weighted by atomic mass is 9.86. The normalized spacial score (nSPS) is 12.3. The average Bonchev–Trinajstić information content (AvgIpc) is 3.68. The van der Waals surface area contributed by atoms with Crippen molar-refractivity contribution in [2.24, 2.45) is 0 Å². The van der Waals surface area contributed by atoms with Gasteiger partial charge in [-0.1, -0.05) is 114 Å². The van der Waals surface area contributed by atoms with Gasteiger partial charge in [-0.25, -0.2) is 0 Å². The number of hydrogen-bond acceptors (Lipinski definition) is 1. The molecule has 6 aromatic carbocycles. The SMILES string of the molecule is CC(C)(C)c1ccc(N(c2ccc(-n3c4ccccc4c4ccc5ccn(-c6ccccc6)c5c43)cc2)c2ccc(C(C)(C)C)cc2)cc1. The molecule has 0 spiro atoms. The minimum absolute atomic E-state index is 0.0907. The lowest BCUT2D eigenvalue weighted by Gasteiger charge is -2.28. The van der Waals surface area contributed by atoms with Gasteiger partial charge in [0.25, 0.3) is 0 Å². The maximum atomic E-state index is 2.44. The molecule has 0 amide bonds. The van der Waals surface area contributed by atoms with Crippen LogP contribution in [0.15, 0.2) is 152 Å². The first-order valence-corrected chi connectivity index (χ1v) is 17.3. The Balaban J connectivity index is 1.30. The lowest BCUT2D eigenvalue weighted by Crippen LogP contribution is -2.14. The van der Waals surface area contributed by atoms with Crippen LogP contribution in [-0.4, -0.2) is 9.13 Å². The van der Waals surface area contributed by atoms with Crippen LogP contribution in [0, 0.1) is 0 Å². The summed E-state index contributed by atoms with van der Waals surface area (Å²) < 4.78 is 4.77. The van der Waals surface area contributed by atoms with E-state index in [1.807, 2.05) is 0 Å². The molecule has 242 valence electrons. The van der Waals surface area contributed by atoms with Crippen LogP contribution in [0.4, 0.5) is 17.1 Å². The molecule has 0 N–H and O–H groups in total. The van der Waals surface area contributed by atoms with Crippen molar-refractivity contribution in [2.75, 3.05) is 4.90 Å². The molecule has 2 heterocycles. The predicted octanol–water partition coefficient (Wildman–Crippen LogP) is 12.8. The molecule has 0 radical (unpaired) electrons. The van der Waals surface area contributed by atoms with Gasteiger partial charge >= 0.3 is 0 Å². The molecular weight excluding hydrogens is 595 g/mol. The summed E-state index contributed by atoms with van der Waals surface area (Å²) in [6, 6.07) is 53.4. The third-order valence-corrected chi connectivity index (χ3v) is 9.87. The Morgan fingerprint density at radius 1 is 0.429 bits per heavy atom. The second-order valence-corrected chi connectivity index (χ2v) is 15.2. The van der Waals surface area contributed by atoms with Crippen molar-refractivity contribution in [2.45, 2.75) is 52.4 Å². The number of nitrogens with zero attached hydrogens (tertiary/aromatic N) is 3. The third kappa shape index (κ3) is 5.40. The van der Waals surface area contributed by atoms with Gasteiger partial charge in [-0.3, -0.25) is 0 Å². The highest BCUT2D eigenvalue weighted by Crippen LogP contribution is 2.40. The van der Waals surface area contributed by atoms with Gasteiger partial charge in [0, 0.05) is 50.8 Å². The fourth-order valence-electron chi connectivity index (χ4n) is 7.16. The topological polar surface area (TPSA) is 13.1 Å². The minimum atomic E-state index is 0.0907. The number of aromatic nitrogens is 2. The predicted molar refractivity (Wildman–Crippen MR) is 210 cm³/mol. The van der Waals surface area contributed by atoms with Gasteiger partial charge < -0.3 is 14.0 Å². The second kappa shape index (κ2) is 11.6. The Kier molecular flexibility index (Phi) is 7.26. The van der Waals surface area contributed by atoms with E-state index >= 15 is 0 Å². The van der Waals surface area contributed by atoms with Crippen LogP contribution in [-0.2, 0) is 10.8 Å². The van der Waals surface area contributed by atoms with Crippen molar-refractivity contribution in [1.82, 2.24) is 9.13 Å². The molecule has 0 unspecified atom stereocenters. The van der Waals surface area contributed by atoms with Crippen molar-refractivity contribution in [1.29, 1.82) is 0 Å². The van der Waals surface area contributed by atoms with Gasteiger partial charge in [-0.15, -0.1) is 0 Å². The molecule has 0 aliphatic carbocycles. The summed E-state index contributed by atoms with van der Waals surface area (Å²) >= 11 is 0. The molecule has 3 heteroatoms. The lowest BCUT2D eigenvalue weighted by molar-refractivity contribution is 0.590. The molecule has 0 aliphatic heterocycles. The highest BCUT2D eigenvalue weighted by molar-refractivity contribution is 6.18. The van der Waals surface area contributed by atoms with Crippen LogP contribution in [0.25, 0.3) is 44.1 Å². The zero-order valence-electron chi connectivity index (χ0n) is 29.3. The quantitative estimate of drug-likeness (QED) is 0.183. The van der Waals surface area contributed by atoms with E-state index in [2.05, 4.69) is 207 Å². The number of benzene rings is 6. The maximum absolute atomic E-state index is 2.44. The Bertz CT molecular complexity index is 2350. The van der Waals surface area contributed by atoms with Crippen molar-refractivity contribution in [3.63, 3.8) is 0 Å². The van der Waals surface area contributed by atoms with Crippen molar-refractivity contribution in [3.8, 4) is 11.4 Å². The standard InChI is InChI=1S/C46H43N3/c1-45(2,3)33-17-21-36(22-18-33)48(37-23-19-34(20-24-37)46(4,5)6)38-25-27-39(28-26-38)49-42-15-11-10-14-40(42)41-29-16-32-30-31-47(43(32)44(41)49)35-12-8-7-9-13-35/h7-31H,1-6H3. The van der Waals surface area contributed by atoms with E-state index in [4.69, 9.17) is 0 Å². The Labute approximate surface area is 289 Å². The molecule has 0 atom stereocenters. The number of hydrogen-bond donors (Lipinski definition) is 0. The molecule has 3 nitrogen and oxygen atoms in total. The van der Waals surface area contributed by atoms with Gasteiger partial charge in [0.05, 0.1) is 16.6 Å². The van der Waals surface area contributed by atoms with Gasteiger partial charge in [0.15, 0.2) is 0 Å². The number of anilines is 3. The van der Waals surface area contributed by atoms with E-state index < -0.39 is 0 Å². The van der Waals surface area contributed by atoms with E-state index in [0.717, 1.165) is 28.4 Å². The van der Waals surface area contributed by atoms with E-state index in [1.54, 1.807) is 0 Å². The summed E-state index contributed by atoms with van der Waals surface area (Å²) in [5, 5.41) is 3.73. The Morgan fingerprint density at radius 2 is 0.959 bits per heavy atom. The molecular formula is C46H43N3. The van der Waals surface area contributed by atoms with Crippen molar-refractivity contribution >= 4 is 49.8 Å². The van der Waals surface area contributed by atoms with Gasteiger partial charge in [-0.05, 0) is 94.8 Å². The van der Waals surface area contributed by atoms with Crippen LogP contribution in [0.5, 0.6) is 0 Å². The number of para-hydroxylation sites is 2. The van der Waals surface area contributed by atoms with Gasteiger partial charge in [0.1, 0.15) is 0 Å². The molecule has 49 heavy (non-hydrogen) atoms. The summed E-state index contributed by atoms with van der Waals surface area (Å²) in [5.41, 5.74) is 12.2. The van der Waals surface area contributed by atoms with Crippen LogP contribution in [0.3, 0.4) is 0 Å². The third-order valence-electron chi connectivity index (χ3n) is 9.87. The molecule has 8 aromatic rings. The molecule has 0 bridgehead atoms. The van der Waals surface area contributed by atoms with Gasteiger partial charge in [-0.2, -0.15) is 0 Å². The number of rotatable bonds is 5. The summed E-state index contributed by atoms with van der Waals surface area (Å²) in [6.07, 6.45) is 2.19. The zero-order chi connectivity index (χ0) is 33.9. The molecule has 0 aliphatic rings. The van der Waals surface area contributed by atoms with Gasteiger partial charge in [0.2, 0.25) is 0 Å². The Morgan fingerprint density at radius 3 is 1.53 bits per heavy atom. The average molecular weight is 638 g/mol. The second-order valence-electron chi connectivity index (χ2n) is 15.2. The van der Waals surface area contributed by atoms with E-state index in [1.165, 1.54) is 43.8 Å². The zero-order valence-corrected chi connectivity index (χ0v) is 29.3. The van der Waals surface area contributed by atoms with Crippen LogP contribution >= 0.6 is 0 Å². The highest BCUT2D eigenvalue weighted by Gasteiger charge is 2.21. The first-order valence-electron chi connectivity index (χ1n) is 17.3. The van der Waals surface area contributed by atoms with E-state index in [0.29, 0.717) is 0 Å². The van der Waals surface area contributed by atoms with E-state index in [-0.39, 0.29) is 10.8 Å². The molecule has 0 fully saturated rings. The first kappa shape index (κ1) is 30.8. The molecule has 8 rings (SSSR count). The highest BCUT2D eigenvalue weighted by atomic mass is 15.1. The summed E-state index contributed by atoms with van der Waals surface area (Å²) in [6.45, 7) is 13.6. The van der Waals surface area contributed by atoms with Crippen molar-refractivity contribution < 1.29 is 0 Å². The smallest absolute Gasteiger partial charge is 0.0788 e. The maximum Gasteiger partial charge on any atom is 0.0788 e. The fraction of sp³-hybridized carbons (Fsp3) is 0.174. The van der Waals surface area contributed by atoms with E-state index in [9.17, 15) is 0 Å². The number of fused-ring (bicyclic) bond motifs is 5. The summed E-state index contributed by atoms with van der Waals surface area (Å²) in [7, 11) is 0. The first-order chi connectivity index (χ1) is 23.6. The van der Waals surface area contributed by atoms with Crippen molar-refractivity contribution in [3.05, 3.63) is 163 Å². The van der Waals surface area contributed by atoms with Crippen LogP contribution in [0.2, 0.25) is 0 Å². The summed E-state index contributed by atoms with van der Waals surface area (Å²) in [5.74, 6) is 0. The van der Waals surface area contributed by atoms with Crippen LogP contribution in [0.1, 0.15) is 52.7 Å². The monoisotopic (exact) mass is 637 g/mol. The fourth-order valence-corrected chi connectivity index (χ4v) is 7.16. The molecule has 0 saturated heterocycles. The molecule has 2 aromatic heterocycles. The molecule has 0 saturated carbocycles.